The maximum absolute atomic E-state index is 13.2. The van der Waals surface area contributed by atoms with Crippen LogP contribution in [0.5, 0.6) is 0 Å². The molecule has 2 aromatic carbocycles. The van der Waals surface area contributed by atoms with E-state index in [-0.39, 0.29) is 11.4 Å². The van der Waals surface area contributed by atoms with E-state index in [1.165, 1.54) is 29.5 Å². The normalized spacial score (nSPS) is 11.6. The van der Waals surface area contributed by atoms with Gasteiger partial charge in [-0.2, -0.15) is 0 Å². The molecule has 1 heterocycles. The topological polar surface area (TPSA) is 59.1 Å². The number of sulfonamides is 1. The van der Waals surface area contributed by atoms with Crippen LogP contribution < -0.4 is 4.72 Å². The molecule has 8 heteroatoms. The predicted octanol–water partition coefficient (Wildman–Crippen LogP) is 4.39. The second-order valence-electron chi connectivity index (χ2n) is 5.29. The van der Waals surface area contributed by atoms with Gasteiger partial charge in [0.2, 0.25) is 10.0 Å². The molecule has 0 aliphatic heterocycles. The van der Waals surface area contributed by atoms with Crippen LogP contribution in [-0.2, 0) is 16.6 Å². The lowest BCUT2D eigenvalue weighted by Crippen LogP contribution is -2.23. The Kier molecular flexibility index (Phi) is 5.19. The molecule has 1 aromatic heterocycles. The molecule has 0 saturated carbocycles. The summed E-state index contributed by atoms with van der Waals surface area (Å²) in [6, 6.07) is 12.2. The van der Waals surface area contributed by atoms with E-state index >= 15 is 0 Å². The number of benzene rings is 2. The molecule has 1 N–H and O–H groups in total. The summed E-state index contributed by atoms with van der Waals surface area (Å²) < 4.78 is 40.3. The first-order valence-electron chi connectivity index (χ1n) is 7.33. The molecule has 0 saturated heterocycles. The van der Waals surface area contributed by atoms with Crippen molar-refractivity contribution in [1.29, 1.82) is 0 Å². The van der Waals surface area contributed by atoms with E-state index in [0.29, 0.717) is 5.02 Å². The highest BCUT2D eigenvalue weighted by atomic mass is 35.5. The van der Waals surface area contributed by atoms with Crippen molar-refractivity contribution >= 4 is 33.0 Å². The third kappa shape index (κ3) is 4.07. The van der Waals surface area contributed by atoms with Crippen LogP contribution >= 0.6 is 22.9 Å². The van der Waals surface area contributed by atoms with Crippen LogP contribution in [0.1, 0.15) is 10.6 Å². The number of aromatic nitrogens is 1. The Morgan fingerprint density at radius 1 is 1.20 bits per heavy atom. The van der Waals surface area contributed by atoms with Crippen molar-refractivity contribution in [3.05, 3.63) is 69.9 Å². The SMILES string of the molecule is Cc1nc(-c2ccccc2Cl)sc1CNS(=O)(=O)c1cccc(F)c1. The number of thiazole rings is 1. The Morgan fingerprint density at radius 3 is 2.68 bits per heavy atom. The van der Waals surface area contributed by atoms with Crippen LogP contribution in [0, 0.1) is 12.7 Å². The van der Waals surface area contributed by atoms with Crippen molar-refractivity contribution in [3.63, 3.8) is 0 Å². The fraction of sp³-hybridized carbons (Fsp3) is 0.118. The quantitative estimate of drug-likeness (QED) is 0.695. The van der Waals surface area contributed by atoms with Gasteiger partial charge in [-0.05, 0) is 31.2 Å². The van der Waals surface area contributed by atoms with Crippen LogP contribution in [0.4, 0.5) is 4.39 Å². The highest BCUT2D eigenvalue weighted by molar-refractivity contribution is 7.89. The standard InChI is InChI=1S/C17H14ClFN2O2S2/c1-11-16(24-17(21-11)14-7-2-3-8-15(14)18)10-20-25(22,23)13-6-4-5-12(19)9-13/h2-9,20H,10H2,1H3. The molecule has 3 aromatic rings. The molecule has 0 bridgehead atoms. The van der Waals surface area contributed by atoms with Crippen LogP contribution in [-0.4, -0.2) is 13.4 Å². The van der Waals surface area contributed by atoms with Gasteiger partial charge in [-0.15, -0.1) is 11.3 Å². The number of rotatable bonds is 5. The van der Waals surface area contributed by atoms with Crippen molar-refractivity contribution in [2.45, 2.75) is 18.4 Å². The minimum atomic E-state index is -3.80. The maximum atomic E-state index is 13.2. The molecule has 25 heavy (non-hydrogen) atoms. The van der Waals surface area contributed by atoms with Gasteiger partial charge in [0.1, 0.15) is 10.8 Å². The van der Waals surface area contributed by atoms with Gasteiger partial charge in [0.05, 0.1) is 15.6 Å². The number of hydrogen-bond acceptors (Lipinski definition) is 4. The lowest BCUT2D eigenvalue weighted by atomic mass is 10.2. The van der Waals surface area contributed by atoms with Gasteiger partial charge in [-0.25, -0.2) is 22.5 Å². The minimum absolute atomic E-state index is 0.0762. The lowest BCUT2D eigenvalue weighted by Gasteiger charge is -2.06. The van der Waals surface area contributed by atoms with E-state index in [9.17, 15) is 12.8 Å². The fourth-order valence-electron chi connectivity index (χ4n) is 2.22. The average Bonchev–Trinajstić information content (AvgIpc) is 2.94. The molecule has 0 amide bonds. The number of nitrogens with zero attached hydrogens (tertiary/aromatic N) is 1. The summed E-state index contributed by atoms with van der Waals surface area (Å²) in [7, 11) is -3.80. The van der Waals surface area contributed by atoms with E-state index in [2.05, 4.69) is 9.71 Å². The fourth-order valence-corrected chi connectivity index (χ4v) is 4.66. The Bertz CT molecular complexity index is 1020. The van der Waals surface area contributed by atoms with Gasteiger partial charge in [0.15, 0.2) is 0 Å². The molecule has 0 fully saturated rings. The van der Waals surface area contributed by atoms with E-state index in [1.807, 2.05) is 25.1 Å². The first-order valence-corrected chi connectivity index (χ1v) is 10.0. The highest BCUT2D eigenvalue weighted by Crippen LogP contribution is 2.32. The Labute approximate surface area is 154 Å². The summed E-state index contributed by atoms with van der Waals surface area (Å²) in [6.45, 7) is 1.88. The predicted molar refractivity (Wildman–Crippen MR) is 97.7 cm³/mol. The van der Waals surface area contributed by atoms with E-state index in [1.54, 1.807) is 6.07 Å². The molecular formula is C17H14ClFN2O2S2. The van der Waals surface area contributed by atoms with Crippen LogP contribution in [0.3, 0.4) is 0 Å². The van der Waals surface area contributed by atoms with E-state index in [0.717, 1.165) is 27.2 Å². The van der Waals surface area contributed by atoms with Crippen LogP contribution in [0.2, 0.25) is 5.02 Å². The molecule has 0 radical (unpaired) electrons. The average molecular weight is 397 g/mol. The third-order valence-corrected chi connectivity index (χ3v) is 6.45. The smallest absolute Gasteiger partial charge is 0.241 e. The molecule has 0 atom stereocenters. The van der Waals surface area contributed by atoms with Crippen molar-refractivity contribution in [3.8, 4) is 10.6 Å². The number of hydrogen-bond donors (Lipinski definition) is 1. The summed E-state index contributed by atoms with van der Waals surface area (Å²) in [5.41, 5.74) is 1.53. The van der Waals surface area contributed by atoms with Crippen molar-refractivity contribution in [2.75, 3.05) is 0 Å². The van der Waals surface area contributed by atoms with Gasteiger partial charge in [-0.3, -0.25) is 0 Å². The minimum Gasteiger partial charge on any atom is -0.241 e. The summed E-state index contributed by atoms with van der Waals surface area (Å²) in [6.07, 6.45) is 0. The van der Waals surface area contributed by atoms with Gasteiger partial charge >= 0.3 is 0 Å². The second kappa shape index (κ2) is 7.21. The van der Waals surface area contributed by atoms with Crippen LogP contribution in [0.25, 0.3) is 10.6 Å². The second-order valence-corrected chi connectivity index (χ2v) is 8.55. The van der Waals surface area contributed by atoms with Gasteiger partial charge < -0.3 is 0 Å². The molecular weight excluding hydrogens is 383 g/mol. The molecule has 0 spiro atoms. The molecule has 0 unspecified atom stereocenters. The highest BCUT2D eigenvalue weighted by Gasteiger charge is 2.17. The van der Waals surface area contributed by atoms with Crippen LogP contribution in [0.15, 0.2) is 53.4 Å². The molecule has 3 rings (SSSR count). The zero-order chi connectivity index (χ0) is 18.0. The van der Waals surface area contributed by atoms with Gasteiger partial charge in [0, 0.05) is 17.0 Å². The third-order valence-electron chi connectivity index (χ3n) is 3.53. The Morgan fingerprint density at radius 2 is 1.96 bits per heavy atom. The van der Waals surface area contributed by atoms with E-state index < -0.39 is 15.8 Å². The number of halogens is 2. The molecule has 0 aliphatic carbocycles. The van der Waals surface area contributed by atoms with Crippen molar-refractivity contribution < 1.29 is 12.8 Å². The zero-order valence-electron chi connectivity index (χ0n) is 13.2. The number of aryl methyl sites for hydroxylation is 1. The molecule has 0 aliphatic rings. The molecule has 130 valence electrons. The summed E-state index contributed by atoms with van der Waals surface area (Å²) in [5.74, 6) is -0.599. The van der Waals surface area contributed by atoms with Gasteiger partial charge in [-0.1, -0.05) is 35.9 Å². The largest absolute Gasteiger partial charge is 0.241 e. The van der Waals surface area contributed by atoms with Gasteiger partial charge in [0.25, 0.3) is 0 Å². The Balaban J connectivity index is 1.81. The number of nitrogens with one attached hydrogen (secondary N) is 1. The summed E-state index contributed by atoms with van der Waals surface area (Å²) >= 11 is 7.55. The first-order chi connectivity index (χ1) is 11.9. The maximum Gasteiger partial charge on any atom is 0.241 e. The van der Waals surface area contributed by atoms with Crippen molar-refractivity contribution in [2.24, 2.45) is 0 Å². The summed E-state index contributed by atoms with van der Waals surface area (Å²) in [5, 5.41) is 1.31. The van der Waals surface area contributed by atoms with E-state index in [4.69, 9.17) is 11.6 Å². The molecule has 4 nitrogen and oxygen atoms in total. The summed E-state index contributed by atoms with van der Waals surface area (Å²) in [4.78, 5) is 5.13. The zero-order valence-corrected chi connectivity index (χ0v) is 15.6. The van der Waals surface area contributed by atoms with Crippen molar-refractivity contribution in [1.82, 2.24) is 9.71 Å². The first kappa shape index (κ1) is 18.0. The Hall–Kier alpha value is -1.80. The lowest BCUT2D eigenvalue weighted by molar-refractivity contribution is 0.577. The monoisotopic (exact) mass is 396 g/mol.